The van der Waals surface area contributed by atoms with Crippen LogP contribution >= 0.6 is 11.3 Å². The van der Waals surface area contributed by atoms with Crippen molar-refractivity contribution in [3.8, 4) is 0 Å². The number of amides is 1. The Morgan fingerprint density at radius 1 is 1.35 bits per heavy atom. The molecular weight excluding hydrogens is 268 g/mol. The van der Waals surface area contributed by atoms with Gasteiger partial charge in [0, 0.05) is 23.4 Å². The van der Waals surface area contributed by atoms with Gasteiger partial charge in [-0.05, 0) is 30.7 Å². The summed E-state index contributed by atoms with van der Waals surface area (Å²) in [5.41, 5.74) is 0.0562. The summed E-state index contributed by atoms with van der Waals surface area (Å²) in [5.74, 6) is 0.712. The van der Waals surface area contributed by atoms with Gasteiger partial charge in [-0.2, -0.15) is 0 Å². The van der Waals surface area contributed by atoms with E-state index in [1.807, 2.05) is 6.92 Å². The molecule has 1 amide bonds. The number of hydrogen-bond donors (Lipinski definition) is 2. The molecule has 0 aliphatic heterocycles. The largest absolute Gasteiger partial charge is 0.355 e. The van der Waals surface area contributed by atoms with Crippen molar-refractivity contribution < 1.29 is 4.79 Å². The van der Waals surface area contributed by atoms with Crippen molar-refractivity contribution in [3.63, 3.8) is 0 Å². The van der Waals surface area contributed by atoms with Gasteiger partial charge < -0.3 is 10.6 Å². The first-order chi connectivity index (χ1) is 9.33. The molecule has 2 N–H and O–H groups in total. The van der Waals surface area contributed by atoms with Crippen LogP contribution in [0.15, 0.2) is 17.5 Å². The SMILES string of the molecule is CC(C)CCNC(=O)C(C)NCC(C)(C)c1cccs1. The Kier molecular flexibility index (Phi) is 6.69. The number of nitrogens with one attached hydrogen (secondary N) is 2. The average molecular weight is 296 g/mol. The van der Waals surface area contributed by atoms with Crippen molar-refractivity contribution in [2.45, 2.75) is 52.5 Å². The van der Waals surface area contributed by atoms with Gasteiger partial charge in [-0.25, -0.2) is 0 Å². The highest BCUT2D eigenvalue weighted by atomic mass is 32.1. The molecule has 1 heterocycles. The summed E-state index contributed by atoms with van der Waals surface area (Å²) >= 11 is 1.77. The maximum Gasteiger partial charge on any atom is 0.236 e. The van der Waals surface area contributed by atoms with Crippen molar-refractivity contribution >= 4 is 17.2 Å². The molecule has 0 fully saturated rings. The zero-order valence-electron chi connectivity index (χ0n) is 13.3. The molecule has 20 heavy (non-hydrogen) atoms. The highest BCUT2D eigenvalue weighted by Crippen LogP contribution is 2.26. The minimum Gasteiger partial charge on any atom is -0.355 e. The second-order valence-corrected chi connectivity index (χ2v) is 7.39. The van der Waals surface area contributed by atoms with Crippen LogP contribution in [-0.2, 0) is 10.2 Å². The molecule has 1 aromatic rings. The summed E-state index contributed by atoms with van der Waals surface area (Å²) in [6, 6.07) is 4.07. The predicted molar refractivity (Wildman–Crippen MR) is 87.3 cm³/mol. The third-order valence-corrected chi connectivity index (χ3v) is 4.69. The molecule has 1 unspecified atom stereocenters. The lowest BCUT2D eigenvalue weighted by molar-refractivity contribution is -0.122. The summed E-state index contributed by atoms with van der Waals surface area (Å²) in [6.45, 7) is 12.2. The van der Waals surface area contributed by atoms with Crippen LogP contribution in [0.5, 0.6) is 0 Å². The van der Waals surface area contributed by atoms with Crippen LogP contribution in [0.25, 0.3) is 0 Å². The highest BCUT2D eigenvalue weighted by molar-refractivity contribution is 7.10. The fraction of sp³-hybridized carbons (Fsp3) is 0.688. The molecule has 0 saturated heterocycles. The van der Waals surface area contributed by atoms with Crippen LogP contribution in [0.3, 0.4) is 0 Å². The maximum atomic E-state index is 12.0. The second kappa shape index (κ2) is 7.79. The maximum absolute atomic E-state index is 12.0. The van der Waals surface area contributed by atoms with Crippen LogP contribution in [0.4, 0.5) is 0 Å². The van der Waals surface area contributed by atoms with Gasteiger partial charge in [-0.3, -0.25) is 4.79 Å². The molecule has 3 nitrogen and oxygen atoms in total. The molecule has 1 atom stereocenters. The van der Waals surface area contributed by atoms with E-state index in [9.17, 15) is 4.79 Å². The van der Waals surface area contributed by atoms with Crippen LogP contribution in [-0.4, -0.2) is 25.0 Å². The van der Waals surface area contributed by atoms with E-state index in [0.717, 1.165) is 19.5 Å². The third-order valence-electron chi connectivity index (χ3n) is 3.45. The molecule has 0 saturated carbocycles. The Morgan fingerprint density at radius 3 is 2.60 bits per heavy atom. The summed E-state index contributed by atoms with van der Waals surface area (Å²) in [4.78, 5) is 13.3. The lowest BCUT2D eigenvalue weighted by Gasteiger charge is -2.26. The van der Waals surface area contributed by atoms with Crippen molar-refractivity contribution in [1.82, 2.24) is 10.6 Å². The Labute approximate surface area is 127 Å². The molecule has 1 rings (SSSR count). The second-order valence-electron chi connectivity index (χ2n) is 6.44. The minimum atomic E-state index is -0.151. The normalized spacial score (nSPS) is 13.5. The Balaban J connectivity index is 2.35. The van der Waals surface area contributed by atoms with Gasteiger partial charge in [0.1, 0.15) is 0 Å². The molecule has 0 radical (unpaired) electrons. The Morgan fingerprint density at radius 2 is 2.05 bits per heavy atom. The van der Waals surface area contributed by atoms with E-state index in [-0.39, 0.29) is 17.4 Å². The van der Waals surface area contributed by atoms with Gasteiger partial charge in [0.2, 0.25) is 5.91 Å². The lowest BCUT2D eigenvalue weighted by atomic mass is 9.91. The van der Waals surface area contributed by atoms with Gasteiger partial charge >= 0.3 is 0 Å². The van der Waals surface area contributed by atoms with Crippen LogP contribution < -0.4 is 10.6 Å². The van der Waals surface area contributed by atoms with Gasteiger partial charge in [-0.15, -0.1) is 11.3 Å². The zero-order valence-corrected chi connectivity index (χ0v) is 14.1. The van der Waals surface area contributed by atoms with E-state index in [0.29, 0.717) is 5.92 Å². The molecule has 0 aliphatic rings. The number of hydrogen-bond acceptors (Lipinski definition) is 3. The summed E-state index contributed by atoms with van der Waals surface area (Å²) in [7, 11) is 0. The fourth-order valence-corrected chi connectivity index (χ4v) is 2.74. The van der Waals surface area contributed by atoms with E-state index in [4.69, 9.17) is 0 Å². The first-order valence-corrected chi connectivity index (χ1v) is 8.26. The van der Waals surface area contributed by atoms with Gasteiger partial charge in [0.25, 0.3) is 0 Å². The zero-order chi connectivity index (χ0) is 15.2. The summed E-state index contributed by atoms with van der Waals surface area (Å²) in [5, 5.41) is 8.43. The highest BCUT2D eigenvalue weighted by Gasteiger charge is 2.23. The van der Waals surface area contributed by atoms with Gasteiger partial charge in [0.15, 0.2) is 0 Å². The van der Waals surface area contributed by atoms with Crippen molar-refractivity contribution in [2.75, 3.05) is 13.1 Å². The molecule has 0 spiro atoms. The van der Waals surface area contributed by atoms with Crippen LogP contribution in [0.2, 0.25) is 0 Å². The quantitative estimate of drug-likeness (QED) is 0.773. The predicted octanol–water partition coefficient (Wildman–Crippen LogP) is 3.17. The Bertz CT molecular complexity index is 399. The summed E-state index contributed by atoms with van der Waals surface area (Å²) in [6.07, 6.45) is 1.03. The first kappa shape index (κ1) is 17.2. The monoisotopic (exact) mass is 296 g/mol. The third kappa shape index (κ3) is 5.63. The summed E-state index contributed by atoms with van der Waals surface area (Å²) < 4.78 is 0. The topological polar surface area (TPSA) is 41.1 Å². The molecular formula is C16H28N2OS. The fourth-order valence-electron chi connectivity index (χ4n) is 1.89. The van der Waals surface area contributed by atoms with E-state index < -0.39 is 0 Å². The van der Waals surface area contributed by atoms with Gasteiger partial charge in [-0.1, -0.05) is 33.8 Å². The molecule has 114 valence electrons. The molecule has 0 aliphatic carbocycles. The van der Waals surface area contributed by atoms with E-state index >= 15 is 0 Å². The van der Waals surface area contributed by atoms with Crippen LogP contribution in [0, 0.1) is 5.92 Å². The van der Waals surface area contributed by atoms with Crippen LogP contribution in [0.1, 0.15) is 45.9 Å². The first-order valence-electron chi connectivity index (χ1n) is 7.38. The standard InChI is InChI=1S/C16H28N2OS/c1-12(2)8-9-17-15(19)13(3)18-11-16(4,5)14-7-6-10-20-14/h6-7,10,12-13,18H,8-9,11H2,1-5H3,(H,17,19). The molecule has 0 bridgehead atoms. The van der Waals surface area contributed by atoms with E-state index in [2.05, 4.69) is 55.8 Å². The van der Waals surface area contributed by atoms with Crippen molar-refractivity contribution in [3.05, 3.63) is 22.4 Å². The number of carbonyl (C=O) groups excluding carboxylic acids is 1. The minimum absolute atomic E-state index is 0.0562. The average Bonchev–Trinajstić information content (AvgIpc) is 2.90. The molecule has 0 aromatic carbocycles. The molecule has 1 aromatic heterocycles. The van der Waals surface area contributed by atoms with E-state index in [1.165, 1.54) is 4.88 Å². The van der Waals surface area contributed by atoms with Gasteiger partial charge in [0.05, 0.1) is 6.04 Å². The number of thiophene rings is 1. The van der Waals surface area contributed by atoms with Crippen molar-refractivity contribution in [1.29, 1.82) is 0 Å². The number of rotatable bonds is 8. The smallest absolute Gasteiger partial charge is 0.236 e. The lowest BCUT2D eigenvalue weighted by Crippen LogP contribution is -2.46. The Hall–Kier alpha value is -0.870. The van der Waals surface area contributed by atoms with E-state index in [1.54, 1.807) is 11.3 Å². The number of carbonyl (C=O) groups is 1. The molecule has 4 heteroatoms. The van der Waals surface area contributed by atoms with Crippen molar-refractivity contribution in [2.24, 2.45) is 5.92 Å².